The van der Waals surface area contributed by atoms with Gasteiger partial charge in [0.1, 0.15) is 0 Å². The van der Waals surface area contributed by atoms with Crippen LogP contribution in [0.15, 0.2) is 18.2 Å². The van der Waals surface area contributed by atoms with Crippen LogP contribution in [0.4, 0.5) is 5.69 Å². The Morgan fingerprint density at radius 2 is 2.12 bits per heavy atom. The van der Waals surface area contributed by atoms with E-state index in [0.717, 1.165) is 25.1 Å². The number of hydrogen-bond acceptors (Lipinski definition) is 3. The molecule has 0 aliphatic carbocycles. The molecule has 1 aromatic carbocycles. The molecule has 4 heteroatoms. The van der Waals surface area contributed by atoms with Gasteiger partial charge in [-0.2, -0.15) is 0 Å². The molecule has 0 bridgehead atoms. The van der Waals surface area contributed by atoms with Crippen LogP contribution in [0, 0.1) is 6.92 Å². The topological polar surface area (TPSA) is 52.6 Å². The molecule has 94 valence electrons. The van der Waals surface area contributed by atoms with E-state index in [9.17, 15) is 4.79 Å². The summed E-state index contributed by atoms with van der Waals surface area (Å²) in [5.74, 6) is -0.889. The van der Waals surface area contributed by atoms with E-state index in [-0.39, 0.29) is 0 Å². The Morgan fingerprint density at radius 1 is 1.41 bits per heavy atom. The highest BCUT2D eigenvalue weighted by atomic mass is 16.4. The predicted molar refractivity (Wildman–Crippen MR) is 69.8 cm³/mol. The number of carboxylic acid groups (broad SMARTS) is 1. The third-order valence-electron chi connectivity index (χ3n) is 2.50. The smallest absolute Gasteiger partial charge is 0.337 e. The van der Waals surface area contributed by atoms with Crippen molar-refractivity contribution in [1.82, 2.24) is 4.90 Å². The number of nitrogens with zero attached hydrogens (tertiary/aromatic N) is 1. The van der Waals surface area contributed by atoms with Crippen molar-refractivity contribution in [3.63, 3.8) is 0 Å². The van der Waals surface area contributed by atoms with Gasteiger partial charge in [-0.05, 0) is 51.7 Å². The first-order valence-electron chi connectivity index (χ1n) is 5.73. The van der Waals surface area contributed by atoms with E-state index < -0.39 is 5.97 Å². The van der Waals surface area contributed by atoms with E-state index in [1.807, 2.05) is 33.2 Å². The van der Waals surface area contributed by atoms with Crippen molar-refractivity contribution in [3.05, 3.63) is 29.3 Å². The van der Waals surface area contributed by atoms with Crippen LogP contribution in [0.2, 0.25) is 0 Å². The van der Waals surface area contributed by atoms with Gasteiger partial charge in [0.25, 0.3) is 0 Å². The van der Waals surface area contributed by atoms with Crippen molar-refractivity contribution >= 4 is 11.7 Å². The Kier molecular flexibility index (Phi) is 4.97. The van der Waals surface area contributed by atoms with Crippen molar-refractivity contribution in [2.24, 2.45) is 0 Å². The van der Waals surface area contributed by atoms with E-state index in [1.165, 1.54) is 0 Å². The fraction of sp³-hybridized carbons (Fsp3) is 0.462. The lowest BCUT2D eigenvalue weighted by molar-refractivity contribution is 0.0698. The third-order valence-corrected chi connectivity index (χ3v) is 2.50. The van der Waals surface area contributed by atoms with Crippen LogP contribution in [-0.2, 0) is 0 Å². The van der Waals surface area contributed by atoms with Crippen molar-refractivity contribution in [2.45, 2.75) is 13.3 Å². The number of carboxylic acids is 1. The van der Waals surface area contributed by atoms with E-state index in [2.05, 4.69) is 10.2 Å². The number of rotatable bonds is 6. The summed E-state index contributed by atoms with van der Waals surface area (Å²) in [6.45, 7) is 3.72. The van der Waals surface area contributed by atoms with Gasteiger partial charge in [-0.25, -0.2) is 4.79 Å². The van der Waals surface area contributed by atoms with Gasteiger partial charge in [-0.3, -0.25) is 0 Å². The molecule has 0 aliphatic heterocycles. The summed E-state index contributed by atoms with van der Waals surface area (Å²) in [5, 5.41) is 12.2. The number of carbonyl (C=O) groups is 1. The van der Waals surface area contributed by atoms with Crippen molar-refractivity contribution < 1.29 is 9.90 Å². The van der Waals surface area contributed by atoms with Crippen molar-refractivity contribution in [3.8, 4) is 0 Å². The van der Waals surface area contributed by atoms with E-state index in [4.69, 9.17) is 5.11 Å². The molecule has 17 heavy (non-hydrogen) atoms. The molecule has 0 aliphatic rings. The molecule has 0 saturated carbocycles. The SMILES string of the molecule is Cc1ccc(C(=O)O)c(NCCCN(C)C)c1. The molecule has 0 radical (unpaired) electrons. The monoisotopic (exact) mass is 236 g/mol. The molecule has 1 aromatic rings. The Hall–Kier alpha value is -1.55. The van der Waals surface area contributed by atoms with Gasteiger partial charge in [-0.15, -0.1) is 0 Å². The normalized spacial score (nSPS) is 10.6. The molecule has 0 heterocycles. The number of nitrogens with one attached hydrogen (secondary N) is 1. The van der Waals surface area contributed by atoms with Crippen LogP contribution < -0.4 is 5.32 Å². The number of benzene rings is 1. The van der Waals surface area contributed by atoms with Gasteiger partial charge in [-0.1, -0.05) is 6.07 Å². The molecule has 0 spiro atoms. The Bertz CT molecular complexity index is 389. The molecule has 0 amide bonds. The molecule has 0 atom stereocenters. The fourth-order valence-electron chi connectivity index (χ4n) is 1.61. The average Bonchev–Trinajstić information content (AvgIpc) is 2.23. The highest BCUT2D eigenvalue weighted by Crippen LogP contribution is 2.17. The zero-order valence-corrected chi connectivity index (χ0v) is 10.7. The summed E-state index contributed by atoms with van der Waals surface area (Å²) in [6, 6.07) is 5.33. The van der Waals surface area contributed by atoms with Gasteiger partial charge in [0.15, 0.2) is 0 Å². The van der Waals surface area contributed by atoms with E-state index in [0.29, 0.717) is 11.3 Å². The van der Waals surface area contributed by atoms with Crippen LogP contribution in [0.25, 0.3) is 0 Å². The largest absolute Gasteiger partial charge is 0.478 e. The quantitative estimate of drug-likeness (QED) is 0.742. The summed E-state index contributed by atoms with van der Waals surface area (Å²) in [6.07, 6.45) is 0.986. The van der Waals surface area contributed by atoms with Gasteiger partial charge in [0.2, 0.25) is 0 Å². The zero-order valence-electron chi connectivity index (χ0n) is 10.7. The Balaban J connectivity index is 2.62. The van der Waals surface area contributed by atoms with E-state index in [1.54, 1.807) is 6.07 Å². The Labute approximate surface area is 102 Å². The highest BCUT2D eigenvalue weighted by Gasteiger charge is 2.09. The number of hydrogen-bond donors (Lipinski definition) is 2. The van der Waals surface area contributed by atoms with Crippen LogP contribution >= 0.6 is 0 Å². The molecule has 0 saturated heterocycles. The zero-order chi connectivity index (χ0) is 12.8. The Morgan fingerprint density at radius 3 is 2.71 bits per heavy atom. The number of aryl methyl sites for hydroxylation is 1. The molecule has 0 fully saturated rings. The average molecular weight is 236 g/mol. The minimum atomic E-state index is -0.889. The first-order valence-corrected chi connectivity index (χ1v) is 5.73. The van der Waals surface area contributed by atoms with Gasteiger partial charge >= 0.3 is 5.97 Å². The first kappa shape index (κ1) is 13.5. The fourth-order valence-corrected chi connectivity index (χ4v) is 1.61. The highest BCUT2D eigenvalue weighted by molar-refractivity contribution is 5.94. The van der Waals surface area contributed by atoms with Crippen molar-refractivity contribution in [1.29, 1.82) is 0 Å². The van der Waals surface area contributed by atoms with Crippen molar-refractivity contribution in [2.75, 3.05) is 32.5 Å². The number of aromatic carboxylic acids is 1. The van der Waals surface area contributed by atoms with E-state index >= 15 is 0 Å². The molecule has 1 rings (SSSR count). The standard InChI is InChI=1S/C13H20N2O2/c1-10-5-6-11(13(16)17)12(9-10)14-7-4-8-15(2)3/h5-6,9,14H,4,7-8H2,1-3H3,(H,16,17). The van der Waals surface area contributed by atoms with Crippen LogP contribution in [0.1, 0.15) is 22.3 Å². The second-order valence-corrected chi connectivity index (χ2v) is 4.44. The lowest BCUT2D eigenvalue weighted by atomic mass is 10.1. The molecule has 2 N–H and O–H groups in total. The second kappa shape index (κ2) is 6.25. The second-order valence-electron chi connectivity index (χ2n) is 4.44. The molecular formula is C13H20N2O2. The summed E-state index contributed by atoms with van der Waals surface area (Å²) < 4.78 is 0. The van der Waals surface area contributed by atoms with Crippen LogP contribution in [0.5, 0.6) is 0 Å². The minimum Gasteiger partial charge on any atom is -0.478 e. The molecule has 0 aromatic heterocycles. The first-order chi connectivity index (χ1) is 8.00. The molecule has 0 unspecified atom stereocenters. The minimum absolute atomic E-state index is 0.334. The lowest BCUT2D eigenvalue weighted by Gasteiger charge is -2.12. The maximum absolute atomic E-state index is 11.0. The maximum atomic E-state index is 11.0. The van der Waals surface area contributed by atoms with Crippen LogP contribution in [-0.4, -0.2) is 43.2 Å². The summed E-state index contributed by atoms with van der Waals surface area (Å²) >= 11 is 0. The maximum Gasteiger partial charge on any atom is 0.337 e. The molecule has 4 nitrogen and oxygen atoms in total. The van der Waals surface area contributed by atoms with Gasteiger partial charge < -0.3 is 15.3 Å². The number of anilines is 1. The third kappa shape index (κ3) is 4.44. The summed E-state index contributed by atoms with van der Waals surface area (Å²) in [4.78, 5) is 13.1. The lowest BCUT2D eigenvalue weighted by Crippen LogP contribution is -2.17. The molecular weight excluding hydrogens is 216 g/mol. The van der Waals surface area contributed by atoms with Gasteiger partial charge in [0.05, 0.1) is 5.56 Å². The summed E-state index contributed by atoms with van der Waals surface area (Å²) in [5.41, 5.74) is 2.10. The van der Waals surface area contributed by atoms with Crippen LogP contribution in [0.3, 0.4) is 0 Å². The summed E-state index contributed by atoms with van der Waals surface area (Å²) in [7, 11) is 4.05. The predicted octanol–water partition coefficient (Wildman–Crippen LogP) is 2.06. The van der Waals surface area contributed by atoms with Gasteiger partial charge in [0, 0.05) is 12.2 Å².